The van der Waals surface area contributed by atoms with E-state index in [2.05, 4.69) is 47.3 Å². The van der Waals surface area contributed by atoms with Crippen molar-refractivity contribution in [3.05, 3.63) is 54.4 Å². The Labute approximate surface area is 216 Å². The van der Waals surface area contributed by atoms with Gasteiger partial charge < -0.3 is 20.3 Å². The summed E-state index contributed by atoms with van der Waals surface area (Å²) in [4.78, 5) is 18.4. The number of nitrogens with one attached hydrogen (secondary N) is 2. The summed E-state index contributed by atoms with van der Waals surface area (Å²) in [6.07, 6.45) is 4.46. The predicted molar refractivity (Wildman–Crippen MR) is 140 cm³/mol. The van der Waals surface area contributed by atoms with Crippen molar-refractivity contribution in [2.24, 2.45) is 5.92 Å². The molecule has 0 bridgehead atoms. The average molecular weight is 517 g/mol. The van der Waals surface area contributed by atoms with Crippen molar-refractivity contribution in [1.29, 1.82) is 0 Å². The van der Waals surface area contributed by atoms with Gasteiger partial charge >= 0.3 is 6.18 Å². The van der Waals surface area contributed by atoms with Gasteiger partial charge in [-0.15, -0.1) is 0 Å². The van der Waals surface area contributed by atoms with Crippen LogP contribution >= 0.6 is 0 Å². The third-order valence-electron chi connectivity index (χ3n) is 7.35. The Kier molecular flexibility index (Phi) is 7.94. The molecule has 37 heavy (non-hydrogen) atoms. The van der Waals surface area contributed by atoms with Crippen LogP contribution in [0.2, 0.25) is 0 Å². The number of carbonyl (C=O) groups excluding carboxylic acids is 1. The van der Waals surface area contributed by atoms with Gasteiger partial charge in [0, 0.05) is 42.4 Å². The quantitative estimate of drug-likeness (QED) is 0.500. The monoisotopic (exact) mass is 516 g/mol. The number of nitrogens with zero attached hydrogens (tertiary/aromatic N) is 2. The van der Waals surface area contributed by atoms with Gasteiger partial charge in [0.2, 0.25) is 5.91 Å². The van der Waals surface area contributed by atoms with E-state index in [1.807, 2.05) is 0 Å². The van der Waals surface area contributed by atoms with E-state index in [1.54, 1.807) is 18.2 Å². The zero-order valence-corrected chi connectivity index (χ0v) is 21.3. The second kappa shape index (κ2) is 10.8. The molecular formula is C28H35F3N4O2. The second-order valence-electron chi connectivity index (χ2n) is 10.3. The van der Waals surface area contributed by atoms with Crippen LogP contribution in [0.1, 0.15) is 54.6 Å². The van der Waals surface area contributed by atoms with E-state index in [-0.39, 0.29) is 41.3 Å². The highest BCUT2D eigenvalue weighted by Gasteiger charge is 2.42. The summed E-state index contributed by atoms with van der Waals surface area (Å²) < 4.78 is 47.2. The molecule has 3 aliphatic rings. The van der Waals surface area contributed by atoms with E-state index in [1.165, 1.54) is 6.08 Å². The smallest absolute Gasteiger partial charge is 0.380 e. The first-order valence-corrected chi connectivity index (χ1v) is 12.7. The third kappa shape index (κ3) is 6.51. The first-order chi connectivity index (χ1) is 17.5. The van der Waals surface area contributed by atoms with Crippen LogP contribution < -0.4 is 10.6 Å². The molecule has 1 amide bonds. The molecule has 2 N–H and O–H groups in total. The largest absolute Gasteiger partial charge is 0.417 e. The summed E-state index contributed by atoms with van der Waals surface area (Å²) in [5.74, 6) is 0.0690. The normalized spacial score (nSPS) is 21.8. The highest BCUT2D eigenvalue weighted by molar-refractivity contribution is 5.82. The van der Waals surface area contributed by atoms with Gasteiger partial charge in [0.05, 0.1) is 35.2 Å². The molecule has 9 heteroatoms. The number of likely N-dealkylation sites (tertiary alicyclic amines) is 1. The van der Waals surface area contributed by atoms with Crippen LogP contribution in [0, 0.1) is 5.92 Å². The maximum Gasteiger partial charge on any atom is 0.417 e. The molecule has 1 saturated carbocycles. The Morgan fingerprint density at radius 1 is 1.30 bits per heavy atom. The molecule has 1 aromatic rings. The zero-order chi connectivity index (χ0) is 26.8. The molecular weight excluding hydrogens is 481 g/mol. The molecule has 3 heterocycles. The Balaban J connectivity index is 1.55. The van der Waals surface area contributed by atoms with Gasteiger partial charge in [-0.2, -0.15) is 13.2 Å². The van der Waals surface area contributed by atoms with Crippen LogP contribution in [0.15, 0.2) is 31.9 Å². The SMILES string of the molecule is C=Cc1c(C(=C)NC2COC3(CCN(C)CC3)C2)cc(/C=C/CNC(=O)C2CC2)nc1C(=C)C(F)(F)F. The van der Waals surface area contributed by atoms with Crippen LogP contribution in [0.5, 0.6) is 0 Å². The fraction of sp³-hybridized carbons (Fsp3) is 0.500. The summed E-state index contributed by atoms with van der Waals surface area (Å²) >= 11 is 0. The van der Waals surface area contributed by atoms with Gasteiger partial charge in [-0.25, -0.2) is 4.98 Å². The fourth-order valence-electron chi connectivity index (χ4n) is 4.95. The molecule has 2 aliphatic heterocycles. The number of alkyl halides is 3. The molecule has 0 radical (unpaired) electrons. The number of amides is 1. The van der Waals surface area contributed by atoms with E-state index in [0.717, 1.165) is 45.2 Å². The maximum atomic E-state index is 13.7. The zero-order valence-electron chi connectivity index (χ0n) is 21.3. The highest BCUT2D eigenvalue weighted by Crippen LogP contribution is 2.38. The van der Waals surface area contributed by atoms with Gasteiger partial charge in [-0.05, 0) is 51.3 Å². The van der Waals surface area contributed by atoms with Crippen molar-refractivity contribution >= 4 is 29.3 Å². The van der Waals surface area contributed by atoms with E-state index >= 15 is 0 Å². The number of allylic oxidation sites excluding steroid dienone is 1. The van der Waals surface area contributed by atoms with Crippen LogP contribution in [-0.2, 0) is 9.53 Å². The first kappa shape index (κ1) is 27.1. The topological polar surface area (TPSA) is 66.5 Å². The van der Waals surface area contributed by atoms with Gasteiger partial charge in [0.1, 0.15) is 0 Å². The lowest BCUT2D eigenvalue weighted by Gasteiger charge is -2.37. The number of pyridine rings is 1. The number of carbonyl (C=O) groups is 1. The molecule has 6 nitrogen and oxygen atoms in total. The second-order valence-corrected chi connectivity index (χ2v) is 10.3. The summed E-state index contributed by atoms with van der Waals surface area (Å²) in [6, 6.07) is 1.67. The molecule has 1 aromatic heterocycles. The number of aromatic nitrogens is 1. The molecule has 1 unspecified atom stereocenters. The van der Waals surface area contributed by atoms with Crippen molar-refractivity contribution < 1.29 is 22.7 Å². The molecule has 2 saturated heterocycles. The van der Waals surface area contributed by atoms with Crippen LogP contribution in [-0.4, -0.2) is 66.9 Å². The summed E-state index contributed by atoms with van der Waals surface area (Å²) in [6.45, 7) is 13.9. The molecule has 1 atom stereocenters. The Bertz CT molecular complexity index is 1100. The van der Waals surface area contributed by atoms with Crippen LogP contribution in [0.25, 0.3) is 23.4 Å². The number of rotatable bonds is 9. The van der Waals surface area contributed by atoms with Gasteiger partial charge in [0.25, 0.3) is 0 Å². The minimum atomic E-state index is -4.66. The lowest BCUT2D eigenvalue weighted by molar-refractivity contribution is -0.122. The van der Waals surface area contributed by atoms with Crippen molar-refractivity contribution in [1.82, 2.24) is 20.5 Å². The maximum absolute atomic E-state index is 13.7. The van der Waals surface area contributed by atoms with E-state index in [9.17, 15) is 18.0 Å². The predicted octanol–water partition coefficient (Wildman–Crippen LogP) is 4.65. The Morgan fingerprint density at radius 3 is 2.62 bits per heavy atom. The van der Waals surface area contributed by atoms with E-state index in [4.69, 9.17) is 4.74 Å². The average Bonchev–Trinajstić information content (AvgIpc) is 3.64. The Morgan fingerprint density at radius 2 is 2.00 bits per heavy atom. The fourth-order valence-corrected chi connectivity index (χ4v) is 4.95. The van der Waals surface area contributed by atoms with Gasteiger partial charge in [-0.3, -0.25) is 4.79 Å². The number of halogens is 3. The summed E-state index contributed by atoms with van der Waals surface area (Å²) in [7, 11) is 2.10. The lowest BCUT2D eigenvalue weighted by Crippen LogP contribution is -2.43. The summed E-state index contributed by atoms with van der Waals surface area (Å²) in [5, 5.41) is 6.19. The minimum Gasteiger partial charge on any atom is -0.380 e. The van der Waals surface area contributed by atoms with Gasteiger partial charge in [-0.1, -0.05) is 31.9 Å². The number of ether oxygens (including phenoxy) is 1. The number of hydrogen-bond acceptors (Lipinski definition) is 5. The minimum absolute atomic E-state index is 0.00682. The number of hydrogen-bond donors (Lipinski definition) is 2. The molecule has 1 spiro atoms. The molecule has 0 aromatic carbocycles. The van der Waals surface area contributed by atoms with Crippen LogP contribution in [0.3, 0.4) is 0 Å². The first-order valence-electron chi connectivity index (χ1n) is 12.7. The summed E-state index contributed by atoms with van der Waals surface area (Å²) in [5.41, 5.74) is -0.0492. The molecule has 3 fully saturated rings. The number of piperidine rings is 1. The Hall–Kier alpha value is -2.91. The van der Waals surface area contributed by atoms with Crippen molar-refractivity contribution in [3.63, 3.8) is 0 Å². The third-order valence-corrected chi connectivity index (χ3v) is 7.35. The van der Waals surface area contributed by atoms with E-state index in [0.29, 0.717) is 23.6 Å². The molecule has 4 rings (SSSR count). The van der Waals surface area contributed by atoms with Gasteiger partial charge in [0.15, 0.2) is 0 Å². The van der Waals surface area contributed by atoms with Crippen LogP contribution in [0.4, 0.5) is 13.2 Å². The molecule has 1 aliphatic carbocycles. The van der Waals surface area contributed by atoms with Crippen molar-refractivity contribution in [2.45, 2.75) is 49.9 Å². The van der Waals surface area contributed by atoms with Crippen molar-refractivity contribution in [3.8, 4) is 0 Å². The lowest BCUT2D eigenvalue weighted by atomic mass is 9.87. The standard InChI is InChI=1S/C28H35F3N4O2/c1-5-23-24(19(3)33-22-16-27(37-17-22)10-13-35(4)14-11-27)15-21(34-25(23)18(2)28(29,30)31)7-6-12-32-26(36)20-8-9-20/h5-7,15,20,22,33H,1-3,8-14,16-17H2,4H3,(H,32,36)/b7-6+. The molecule has 200 valence electrons. The van der Waals surface area contributed by atoms with E-state index < -0.39 is 11.7 Å². The highest BCUT2D eigenvalue weighted by atomic mass is 19.4. The van der Waals surface area contributed by atoms with Crippen molar-refractivity contribution in [2.75, 3.05) is 33.3 Å².